The van der Waals surface area contributed by atoms with E-state index < -0.39 is 5.56 Å². The van der Waals surface area contributed by atoms with Crippen molar-refractivity contribution >= 4 is 17.3 Å². The summed E-state index contributed by atoms with van der Waals surface area (Å²) in [5.74, 6) is 0.408. The van der Waals surface area contributed by atoms with Gasteiger partial charge in [-0.1, -0.05) is 18.5 Å². The summed E-state index contributed by atoms with van der Waals surface area (Å²) in [6, 6.07) is 0. The molecule has 1 atom stereocenters. The van der Waals surface area contributed by atoms with Crippen LogP contribution < -0.4 is 16.2 Å². The van der Waals surface area contributed by atoms with E-state index >= 15 is 0 Å². The maximum absolute atomic E-state index is 11.8. The molecule has 1 unspecified atom stereocenters. The van der Waals surface area contributed by atoms with E-state index in [-0.39, 0.29) is 18.2 Å². The highest BCUT2D eigenvalue weighted by Crippen LogP contribution is 2.15. The Hall–Kier alpha value is -1.11. The summed E-state index contributed by atoms with van der Waals surface area (Å²) in [5.41, 5.74) is 0.135. The maximum Gasteiger partial charge on any atom is 0.287 e. The van der Waals surface area contributed by atoms with Crippen molar-refractivity contribution in [1.82, 2.24) is 15.1 Å². The zero-order valence-electron chi connectivity index (χ0n) is 10.6. The molecule has 0 amide bonds. The minimum Gasteiger partial charge on any atom is -0.394 e. The van der Waals surface area contributed by atoms with Crippen molar-refractivity contribution in [1.29, 1.82) is 0 Å². The van der Waals surface area contributed by atoms with Crippen LogP contribution in [-0.4, -0.2) is 41.6 Å². The van der Waals surface area contributed by atoms with Crippen LogP contribution in [0.3, 0.4) is 0 Å². The van der Waals surface area contributed by atoms with Crippen molar-refractivity contribution in [3.63, 3.8) is 0 Å². The first-order valence-electron chi connectivity index (χ1n) is 5.85. The number of anilines is 1. The van der Waals surface area contributed by atoms with E-state index in [2.05, 4.69) is 22.7 Å². The van der Waals surface area contributed by atoms with Gasteiger partial charge in [0, 0.05) is 6.54 Å². The van der Waals surface area contributed by atoms with Crippen molar-refractivity contribution in [3.05, 3.63) is 21.6 Å². The van der Waals surface area contributed by atoms with Crippen LogP contribution in [0, 0.1) is 5.92 Å². The van der Waals surface area contributed by atoms with Crippen LogP contribution in [0.4, 0.5) is 5.69 Å². The van der Waals surface area contributed by atoms with Crippen LogP contribution >= 0.6 is 11.6 Å². The molecule has 1 aromatic rings. The second-order valence-electron chi connectivity index (χ2n) is 4.17. The van der Waals surface area contributed by atoms with Crippen molar-refractivity contribution < 1.29 is 5.11 Å². The predicted octanol–water partition coefficient (Wildman–Crippen LogP) is 0.156. The van der Waals surface area contributed by atoms with Crippen LogP contribution in [0.2, 0.25) is 5.02 Å². The monoisotopic (exact) mass is 274 g/mol. The molecule has 0 fully saturated rings. The zero-order valence-corrected chi connectivity index (χ0v) is 11.4. The minimum atomic E-state index is -0.392. The van der Waals surface area contributed by atoms with Gasteiger partial charge in [0.2, 0.25) is 0 Å². The van der Waals surface area contributed by atoms with E-state index in [0.29, 0.717) is 18.2 Å². The standard InChI is InChI=1S/C11H19ClN4O2/c1-8(5-13-2)6-14-9-7-15-16(3-4-17)11(18)10(9)12/h7-8,13-14,17H,3-6H2,1-2H3. The summed E-state index contributed by atoms with van der Waals surface area (Å²) in [6.45, 7) is 3.66. The molecule has 0 spiro atoms. The highest BCUT2D eigenvalue weighted by atomic mass is 35.5. The Labute approximate surface area is 111 Å². The topological polar surface area (TPSA) is 79.2 Å². The summed E-state index contributed by atoms with van der Waals surface area (Å²) >= 11 is 5.96. The zero-order chi connectivity index (χ0) is 13.5. The Kier molecular flexibility index (Phi) is 6.11. The van der Waals surface area contributed by atoms with Gasteiger partial charge in [0.05, 0.1) is 25.0 Å². The van der Waals surface area contributed by atoms with Gasteiger partial charge in [-0.15, -0.1) is 0 Å². The number of aliphatic hydroxyl groups excluding tert-OH is 1. The number of halogens is 1. The molecule has 0 saturated carbocycles. The van der Waals surface area contributed by atoms with Crippen molar-refractivity contribution in [2.45, 2.75) is 13.5 Å². The van der Waals surface area contributed by atoms with E-state index in [0.717, 1.165) is 11.2 Å². The van der Waals surface area contributed by atoms with Gasteiger partial charge in [0.1, 0.15) is 5.02 Å². The minimum absolute atomic E-state index is 0.107. The molecule has 0 saturated heterocycles. The lowest BCUT2D eigenvalue weighted by Crippen LogP contribution is -2.27. The lowest BCUT2D eigenvalue weighted by Gasteiger charge is -2.14. The van der Waals surface area contributed by atoms with E-state index in [1.54, 1.807) is 0 Å². The highest BCUT2D eigenvalue weighted by Gasteiger charge is 2.09. The number of rotatable bonds is 7. The molecule has 3 N–H and O–H groups in total. The number of aliphatic hydroxyl groups is 1. The first kappa shape index (κ1) is 14.9. The van der Waals surface area contributed by atoms with E-state index in [1.807, 2.05) is 7.05 Å². The van der Waals surface area contributed by atoms with Crippen molar-refractivity contribution in [3.8, 4) is 0 Å². The van der Waals surface area contributed by atoms with Crippen LogP contribution in [-0.2, 0) is 6.54 Å². The number of aromatic nitrogens is 2. The molecule has 102 valence electrons. The first-order chi connectivity index (χ1) is 8.60. The molecular weight excluding hydrogens is 256 g/mol. The second kappa shape index (κ2) is 7.35. The van der Waals surface area contributed by atoms with E-state index in [1.165, 1.54) is 6.20 Å². The number of hydrogen-bond acceptors (Lipinski definition) is 5. The maximum atomic E-state index is 11.8. The molecule has 0 bridgehead atoms. The van der Waals surface area contributed by atoms with E-state index in [4.69, 9.17) is 16.7 Å². The largest absolute Gasteiger partial charge is 0.394 e. The fourth-order valence-corrected chi connectivity index (χ4v) is 1.76. The molecule has 1 aromatic heterocycles. The van der Waals surface area contributed by atoms with Crippen molar-refractivity contribution in [2.24, 2.45) is 5.92 Å². The molecule has 6 nitrogen and oxygen atoms in total. The fourth-order valence-electron chi connectivity index (χ4n) is 1.55. The Balaban J connectivity index is 2.73. The van der Waals surface area contributed by atoms with Crippen LogP contribution in [0.1, 0.15) is 6.92 Å². The predicted molar refractivity (Wildman–Crippen MR) is 72.2 cm³/mol. The molecule has 0 aliphatic rings. The van der Waals surface area contributed by atoms with Gasteiger partial charge in [-0.25, -0.2) is 4.68 Å². The second-order valence-corrected chi connectivity index (χ2v) is 4.55. The SMILES string of the molecule is CNCC(C)CNc1cnn(CCO)c(=O)c1Cl. The average Bonchev–Trinajstić information content (AvgIpc) is 2.35. The first-order valence-corrected chi connectivity index (χ1v) is 6.22. The average molecular weight is 275 g/mol. The van der Waals surface area contributed by atoms with Gasteiger partial charge >= 0.3 is 0 Å². The van der Waals surface area contributed by atoms with Gasteiger partial charge < -0.3 is 15.7 Å². The number of nitrogens with one attached hydrogen (secondary N) is 2. The van der Waals surface area contributed by atoms with Gasteiger partial charge in [0.25, 0.3) is 5.56 Å². The smallest absolute Gasteiger partial charge is 0.287 e. The van der Waals surface area contributed by atoms with Crippen LogP contribution in [0.5, 0.6) is 0 Å². The third-order valence-corrected chi connectivity index (χ3v) is 2.86. The lowest BCUT2D eigenvalue weighted by molar-refractivity contribution is 0.266. The Morgan fingerprint density at radius 2 is 2.28 bits per heavy atom. The molecule has 1 rings (SSSR count). The summed E-state index contributed by atoms with van der Waals surface area (Å²) in [5, 5.41) is 19.0. The molecule has 0 aliphatic heterocycles. The van der Waals surface area contributed by atoms with Gasteiger partial charge in [-0.3, -0.25) is 4.79 Å². The van der Waals surface area contributed by atoms with Gasteiger partial charge in [-0.05, 0) is 19.5 Å². The fraction of sp³-hybridized carbons (Fsp3) is 0.636. The normalized spacial score (nSPS) is 12.4. The third-order valence-electron chi connectivity index (χ3n) is 2.49. The Morgan fingerprint density at radius 3 is 2.89 bits per heavy atom. The molecule has 7 heteroatoms. The summed E-state index contributed by atoms with van der Waals surface area (Å²) in [6.07, 6.45) is 1.51. The quantitative estimate of drug-likeness (QED) is 0.660. The summed E-state index contributed by atoms with van der Waals surface area (Å²) in [7, 11) is 1.89. The third kappa shape index (κ3) is 3.97. The van der Waals surface area contributed by atoms with Crippen molar-refractivity contribution in [2.75, 3.05) is 32.1 Å². The highest BCUT2D eigenvalue weighted by molar-refractivity contribution is 6.32. The Bertz CT molecular complexity index is 436. The van der Waals surface area contributed by atoms with Gasteiger partial charge in [0.15, 0.2) is 0 Å². The van der Waals surface area contributed by atoms with Crippen LogP contribution in [0.15, 0.2) is 11.0 Å². The molecule has 18 heavy (non-hydrogen) atoms. The summed E-state index contributed by atoms with van der Waals surface area (Å²) < 4.78 is 1.14. The molecule has 1 heterocycles. The van der Waals surface area contributed by atoms with Crippen LogP contribution in [0.25, 0.3) is 0 Å². The van der Waals surface area contributed by atoms with Gasteiger partial charge in [-0.2, -0.15) is 5.10 Å². The lowest BCUT2D eigenvalue weighted by atomic mass is 10.2. The Morgan fingerprint density at radius 1 is 1.56 bits per heavy atom. The molecule has 0 aliphatic carbocycles. The number of hydrogen-bond donors (Lipinski definition) is 3. The molecule has 0 radical (unpaired) electrons. The molecule has 0 aromatic carbocycles. The van der Waals surface area contributed by atoms with E-state index in [9.17, 15) is 4.79 Å². The number of nitrogens with zero attached hydrogens (tertiary/aromatic N) is 2. The summed E-state index contributed by atoms with van der Waals surface area (Å²) in [4.78, 5) is 11.8. The molecular formula is C11H19ClN4O2.